The summed E-state index contributed by atoms with van der Waals surface area (Å²) in [7, 11) is -4.55. The number of halogens is 1. The summed E-state index contributed by atoms with van der Waals surface area (Å²) in [5.41, 5.74) is 2.91. The molecule has 0 saturated heterocycles. The summed E-state index contributed by atoms with van der Waals surface area (Å²) in [5, 5.41) is 35.2. The summed E-state index contributed by atoms with van der Waals surface area (Å²) in [6, 6.07) is 27.3. The molecule has 2 atom stereocenters. The first kappa shape index (κ1) is 44.2. The maximum Gasteiger partial charge on any atom is 0.229 e. The molecule has 4 aromatic carbocycles. The van der Waals surface area contributed by atoms with Crippen LogP contribution in [0.25, 0.3) is 0 Å². The van der Waals surface area contributed by atoms with Gasteiger partial charge in [-0.05, 0) is 112 Å². The maximum absolute atomic E-state index is 11.2. The number of nitrogens with one attached hydrogen (secondary N) is 4. The molecule has 1 heterocycles. The molecule has 5 N–H and O–H groups in total. The number of fused-ring (bicyclic) bond motifs is 1. The first-order valence-corrected chi connectivity index (χ1v) is 21.6. The van der Waals surface area contributed by atoms with E-state index >= 15 is 0 Å². The van der Waals surface area contributed by atoms with Gasteiger partial charge in [-0.3, -0.25) is 14.8 Å². The van der Waals surface area contributed by atoms with E-state index in [2.05, 4.69) is 36.0 Å². The van der Waals surface area contributed by atoms with Gasteiger partial charge >= 0.3 is 0 Å². The lowest BCUT2D eigenvalue weighted by atomic mass is 9.86. The predicted molar refractivity (Wildman–Crippen MR) is 222 cm³/mol. The molecule has 4 aromatic rings. The van der Waals surface area contributed by atoms with Gasteiger partial charge in [-0.1, -0.05) is 23.7 Å². The van der Waals surface area contributed by atoms with Crippen molar-refractivity contribution >= 4 is 54.7 Å². The number of hydrogen-bond donors (Lipinski definition) is 5. The van der Waals surface area contributed by atoms with Gasteiger partial charge in [0.1, 0.15) is 35.9 Å². The lowest BCUT2D eigenvalue weighted by Crippen LogP contribution is -2.49. The number of nitriles is 2. The molecule has 0 aromatic heterocycles. The smallest absolute Gasteiger partial charge is 0.229 e. The van der Waals surface area contributed by atoms with E-state index in [0.29, 0.717) is 51.3 Å². The van der Waals surface area contributed by atoms with E-state index in [-0.39, 0.29) is 5.96 Å². The first-order valence-electron chi connectivity index (χ1n) is 17.5. The standard InChI is InChI=1S/C20H18ClN5O2.C19H27N3O5S2/c1-20(2)18(27)17(15-9-12(10-22)3-8-16(15)28-20)26-19(24-11-23)25-14-6-4-13(21)5-7-14;1-22(13-12-16-4-6-17(7-5-16)20-28(2,23)24)14-15-27-19-10-8-18(9-11-19)21-29(3,25)26/h3-9,17-18,27H,1-2H3,(H2,24,25,26);4-11,20-21H,12-15H2,1-3H3/t17-,18+;/m1./s1. The molecule has 0 aliphatic carbocycles. The van der Waals surface area contributed by atoms with Gasteiger partial charge in [0.15, 0.2) is 6.19 Å². The molecular weight excluding hydrogens is 792 g/mol. The lowest BCUT2D eigenvalue weighted by molar-refractivity contribution is -0.0567. The van der Waals surface area contributed by atoms with Crippen LogP contribution in [0.1, 0.15) is 36.6 Å². The fourth-order valence-electron chi connectivity index (χ4n) is 5.47. The summed E-state index contributed by atoms with van der Waals surface area (Å²) in [6.45, 7) is 5.58. The summed E-state index contributed by atoms with van der Waals surface area (Å²) in [6.07, 6.45) is 3.90. The lowest BCUT2D eigenvalue weighted by Gasteiger charge is -2.40. The van der Waals surface area contributed by atoms with Crippen molar-refractivity contribution in [3.05, 3.63) is 113 Å². The Balaban J connectivity index is 0.000000253. The number of anilines is 3. The average molecular weight is 837 g/mol. The van der Waals surface area contributed by atoms with Crippen molar-refractivity contribution in [2.45, 2.75) is 38.0 Å². The highest BCUT2D eigenvalue weighted by Crippen LogP contribution is 2.42. The van der Waals surface area contributed by atoms with E-state index in [1.807, 2.05) is 25.4 Å². The minimum atomic E-state index is -3.29. The van der Waals surface area contributed by atoms with Crippen molar-refractivity contribution in [1.82, 2.24) is 10.2 Å². The number of guanidine groups is 1. The molecule has 0 amide bonds. The Bertz CT molecular complexity index is 2310. The second kappa shape index (κ2) is 19.5. The van der Waals surface area contributed by atoms with Crippen molar-refractivity contribution in [2.75, 3.05) is 54.0 Å². The topological polar surface area (TPSA) is 218 Å². The third-order valence-corrected chi connectivity index (χ3v) is 9.79. The number of hydrogen-bond acceptors (Lipinski definition) is 11. The summed E-state index contributed by atoms with van der Waals surface area (Å²) >= 11 is 5.90. The van der Waals surface area contributed by atoms with Crippen LogP contribution in [0, 0.1) is 22.8 Å². The number of aliphatic imine (C=N–C) groups is 1. The average Bonchev–Trinajstić information content (AvgIpc) is 3.14. The van der Waals surface area contributed by atoms with Crippen LogP contribution in [-0.4, -0.2) is 83.8 Å². The number of benzene rings is 4. The quantitative estimate of drug-likeness (QED) is 0.0501. The molecule has 1 aliphatic rings. The number of nitrogens with zero attached hydrogens (tertiary/aromatic N) is 4. The Morgan fingerprint density at radius 3 is 2.04 bits per heavy atom. The normalized spacial score (nSPS) is 16.0. The molecule has 0 fully saturated rings. The van der Waals surface area contributed by atoms with E-state index in [0.717, 1.165) is 37.6 Å². The molecule has 15 nitrogen and oxygen atoms in total. The Morgan fingerprint density at radius 1 is 0.895 bits per heavy atom. The van der Waals surface area contributed by atoms with Crippen LogP contribution in [0.5, 0.6) is 11.5 Å². The zero-order valence-electron chi connectivity index (χ0n) is 32.0. The molecule has 57 heavy (non-hydrogen) atoms. The third kappa shape index (κ3) is 14.5. The molecule has 302 valence electrons. The molecule has 1 aliphatic heterocycles. The van der Waals surface area contributed by atoms with Gasteiger partial charge < -0.3 is 24.8 Å². The number of sulfonamides is 2. The number of aliphatic hydroxyl groups is 1. The highest BCUT2D eigenvalue weighted by molar-refractivity contribution is 7.92. The fourth-order valence-corrected chi connectivity index (χ4v) is 6.73. The molecule has 0 saturated carbocycles. The third-order valence-electron chi connectivity index (χ3n) is 8.33. The molecule has 0 bridgehead atoms. The number of ether oxygens (including phenoxy) is 2. The van der Waals surface area contributed by atoms with Gasteiger partial charge in [0.2, 0.25) is 26.0 Å². The Hall–Kier alpha value is -5.56. The van der Waals surface area contributed by atoms with Gasteiger partial charge in [0.05, 0.1) is 24.1 Å². The highest BCUT2D eigenvalue weighted by atomic mass is 35.5. The van der Waals surface area contributed by atoms with E-state index in [4.69, 9.17) is 26.3 Å². The Kier molecular flexibility index (Phi) is 15.1. The maximum atomic E-state index is 11.2. The van der Waals surface area contributed by atoms with Crippen LogP contribution in [0.2, 0.25) is 5.02 Å². The van der Waals surface area contributed by atoms with Crippen LogP contribution in [0.15, 0.2) is 96.0 Å². The van der Waals surface area contributed by atoms with Gasteiger partial charge in [0.25, 0.3) is 0 Å². The summed E-state index contributed by atoms with van der Waals surface area (Å²) in [5.74, 6) is 1.36. The number of likely N-dealkylation sites (N-methyl/N-ethyl adjacent to an activating group) is 1. The monoisotopic (exact) mass is 836 g/mol. The van der Waals surface area contributed by atoms with Gasteiger partial charge in [-0.15, -0.1) is 0 Å². The zero-order valence-corrected chi connectivity index (χ0v) is 34.4. The van der Waals surface area contributed by atoms with Gasteiger partial charge in [0, 0.05) is 40.7 Å². The Morgan fingerprint density at radius 2 is 1.47 bits per heavy atom. The second-order valence-corrected chi connectivity index (χ2v) is 17.6. The fraction of sp³-hybridized carbons (Fsp3) is 0.308. The van der Waals surface area contributed by atoms with Gasteiger partial charge in [-0.25, -0.2) is 21.8 Å². The van der Waals surface area contributed by atoms with Crippen molar-refractivity contribution in [3.8, 4) is 23.8 Å². The van der Waals surface area contributed by atoms with Crippen molar-refractivity contribution in [2.24, 2.45) is 4.99 Å². The zero-order chi connectivity index (χ0) is 41.8. The van der Waals surface area contributed by atoms with Gasteiger partial charge in [-0.2, -0.15) is 10.5 Å². The van der Waals surface area contributed by atoms with Crippen molar-refractivity contribution in [1.29, 1.82) is 10.5 Å². The SMILES string of the molecule is CC1(C)Oc2ccc(C#N)cc2[C@@H](N=C(NC#N)Nc2ccc(Cl)cc2)[C@@H]1O.CN(CCOc1ccc(NS(C)(=O)=O)cc1)CCc1ccc(NS(C)(=O)=O)cc1. The first-order chi connectivity index (χ1) is 26.8. The summed E-state index contributed by atoms with van der Waals surface area (Å²) in [4.78, 5) is 6.68. The predicted octanol–water partition coefficient (Wildman–Crippen LogP) is 5.31. The Labute approximate surface area is 339 Å². The van der Waals surface area contributed by atoms with E-state index in [1.165, 1.54) is 0 Å². The number of rotatable bonds is 13. The number of aliphatic hydroxyl groups excluding tert-OH is 1. The van der Waals surface area contributed by atoms with Crippen LogP contribution < -0.4 is 29.6 Å². The molecular formula is C39H45ClN8O7S2. The van der Waals surface area contributed by atoms with E-state index < -0.39 is 37.8 Å². The van der Waals surface area contributed by atoms with Crippen LogP contribution in [0.4, 0.5) is 17.1 Å². The largest absolute Gasteiger partial charge is 0.492 e. The minimum absolute atomic E-state index is 0.153. The van der Waals surface area contributed by atoms with Crippen LogP contribution in [-0.2, 0) is 26.5 Å². The van der Waals surface area contributed by atoms with Crippen LogP contribution in [0.3, 0.4) is 0 Å². The molecule has 0 radical (unpaired) electrons. The summed E-state index contributed by atoms with van der Waals surface area (Å²) < 4.78 is 61.2. The second-order valence-electron chi connectivity index (χ2n) is 13.7. The van der Waals surface area contributed by atoms with Crippen molar-refractivity contribution in [3.63, 3.8) is 0 Å². The van der Waals surface area contributed by atoms with E-state index in [9.17, 15) is 27.2 Å². The minimum Gasteiger partial charge on any atom is -0.492 e. The van der Waals surface area contributed by atoms with Crippen molar-refractivity contribution < 1.29 is 31.4 Å². The van der Waals surface area contributed by atoms with Crippen LogP contribution >= 0.6 is 11.6 Å². The highest BCUT2D eigenvalue weighted by Gasteiger charge is 2.43. The molecule has 0 unspecified atom stereocenters. The molecule has 18 heteroatoms. The molecule has 5 rings (SSSR count). The molecule has 0 spiro atoms. The van der Waals surface area contributed by atoms with E-state index in [1.54, 1.807) is 92.7 Å².